The molecule has 0 fully saturated rings. The van der Waals surface area contributed by atoms with Crippen molar-refractivity contribution in [1.82, 2.24) is 0 Å². The molecule has 2 nitrogen and oxygen atoms in total. The summed E-state index contributed by atoms with van der Waals surface area (Å²) in [6.07, 6.45) is 3.31. The molecule has 0 aliphatic rings. The molecule has 0 heterocycles. The van der Waals surface area contributed by atoms with Crippen LogP contribution in [0.5, 0.6) is 0 Å². The van der Waals surface area contributed by atoms with E-state index in [1.54, 1.807) is 6.07 Å². The van der Waals surface area contributed by atoms with Gasteiger partial charge < -0.3 is 5.73 Å². The molecule has 0 saturated carbocycles. The Bertz CT molecular complexity index is 807. The van der Waals surface area contributed by atoms with Gasteiger partial charge in [0, 0.05) is 5.56 Å². The van der Waals surface area contributed by atoms with Crippen molar-refractivity contribution >= 4 is 5.91 Å². The van der Waals surface area contributed by atoms with Crippen LogP contribution in [0.3, 0.4) is 0 Å². The maximum Gasteiger partial charge on any atom is 0.248 e. The minimum absolute atomic E-state index is 0.394. The van der Waals surface area contributed by atoms with Crippen LogP contribution in [0.1, 0.15) is 27.9 Å². The molecule has 0 saturated heterocycles. The van der Waals surface area contributed by atoms with Gasteiger partial charge in [-0.3, -0.25) is 4.79 Å². The smallest absolute Gasteiger partial charge is 0.248 e. The van der Waals surface area contributed by atoms with E-state index < -0.39 is 5.91 Å². The van der Waals surface area contributed by atoms with E-state index in [9.17, 15) is 4.79 Å². The lowest BCUT2D eigenvalue weighted by Gasteiger charge is -2.06. The molecule has 0 unspecified atom stereocenters. The van der Waals surface area contributed by atoms with E-state index in [-0.39, 0.29) is 0 Å². The molecular formula is C22H21NO. The fourth-order valence-corrected chi connectivity index (χ4v) is 2.86. The first-order valence-corrected chi connectivity index (χ1v) is 8.25. The summed E-state index contributed by atoms with van der Waals surface area (Å²) in [4.78, 5) is 11.3. The van der Waals surface area contributed by atoms with Crippen molar-refractivity contribution in [3.63, 3.8) is 0 Å². The first-order chi connectivity index (χ1) is 11.7. The lowest BCUT2D eigenvalue weighted by Crippen LogP contribution is -2.10. The van der Waals surface area contributed by atoms with Crippen LogP contribution in [-0.2, 0) is 12.8 Å². The van der Waals surface area contributed by atoms with Crippen molar-refractivity contribution in [2.24, 2.45) is 5.73 Å². The Morgan fingerprint density at radius 2 is 1.38 bits per heavy atom. The van der Waals surface area contributed by atoms with Gasteiger partial charge in [0.25, 0.3) is 0 Å². The van der Waals surface area contributed by atoms with Crippen LogP contribution >= 0.6 is 0 Å². The van der Waals surface area contributed by atoms with Crippen LogP contribution in [-0.4, -0.2) is 5.91 Å². The Balaban J connectivity index is 1.63. The summed E-state index contributed by atoms with van der Waals surface area (Å²) in [5, 5.41) is 0. The zero-order valence-corrected chi connectivity index (χ0v) is 13.6. The number of nitrogens with two attached hydrogens (primary N) is 1. The molecule has 2 heteroatoms. The molecule has 3 aromatic carbocycles. The highest BCUT2D eigenvalue weighted by atomic mass is 16.1. The zero-order chi connectivity index (χ0) is 16.8. The number of benzene rings is 3. The highest BCUT2D eigenvalue weighted by Crippen LogP contribution is 2.21. The normalized spacial score (nSPS) is 10.5. The van der Waals surface area contributed by atoms with Crippen LogP contribution in [0.15, 0.2) is 78.9 Å². The van der Waals surface area contributed by atoms with Gasteiger partial charge in [0.1, 0.15) is 0 Å². The van der Waals surface area contributed by atoms with Gasteiger partial charge in [-0.15, -0.1) is 0 Å². The molecule has 1 amide bonds. The molecule has 24 heavy (non-hydrogen) atoms. The molecule has 0 bridgehead atoms. The molecule has 120 valence electrons. The van der Waals surface area contributed by atoms with Crippen LogP contribution in [0.4, 0.5) is 0 Å². The van der Waals surface area contributed by atoms with Crippen molar-refractivity contribution in [2.45, 2.75) is 19.3 Å². The van der Waals surface area contributed by atoms with E-state index in [4.69, 9.17) is 5.73 Å². The predicted molar refractivity (Wildman–Crippen MR) is 98.9 cm³/mol. The van der Waals surface area contributed by atoms with Gasteiger partial charge in [0.05, 0.1) is 0 Å². The van der Waals surface area contributed by atoms with Crippen molar-refractivity contribution in [2.75, 3.05) is 0 Å². The second kappa shape index (κ2) is 7.60. The van der Waals surface area contributed by atoms with E-state index in [0.717, 1.165) is 30.4 Å². The highest BCUT2D eigenvalue weighted by molar-refractivity contribution is 5.94. The molecule has 0 aliphatic heterocycles. The second-order valence-electron chi connectivity index (χ2n) is 5.98. The lowest BCUT2D eigenvalue weighted by molar-refractivity contribution is 0.100. The number of aryl methyl sites for hydroxylation is 2. The monoisotopic (exact) mass is 315 g/mol. The Hall–Kier alpha value is -2.87. The number of primary amides is 1. The van der Waals surface area contributed by atoms with Gasteiger partial charge in [-0.1, -0.05) is 66.7 Å². The summed E-state index contributed by atoms with van der Waals surface area (Å²) in [6.45, 7) is 0. The fourth-order valence-electron chi connectivity index (χ4n) is 2.86. The van der Waals surface area contributed by atoms with E-state index in [1.165, 1.54) is 11.1 Å². The minimum Gasteiger partial charge on any atom is -0.366 e. The molecule has 3 rings (SSSR count). The number of hydrogen-bond donors (Lipinski definition) is 1. The van der Waals surface area contributed by atoms with E-state index >= 15 is 0 Å². The Labute approximate surface area is 143 Å². The third-order valence-corrected chi connectivity index (χ3v) is 4.21. The van der Waals surface area contributed by atoms with Crippen LogP contribution in [0.25, 0.3) is 11.1 Å². The zero-order valence-electron chi connectivity index (χ0n) is 13.6. The van der Waals surface area contributed by atoms with E-state index in [1.807, 2.05) is 18.2 Å². The number of rotatable bonds is 6. The van der Waals surface area contributed by atoms with E-state index in [2.05, 4.69) is 54.6 Å². The molecular weight excluding hydrogens is 294 g/mol. The second-order valence-corrected chi connectivity index (χ2v) is 5.98. The summed E-state index contributed by atoms with van der Waals surface area (Å²) in [5.41, 5.74) is 10.7. The molecule has 0 aromatic heterocycles. The third kappa shape index (κ3) is 4.11. The van der Waals surface area contributed by atoms with Gasteiger partial charge in [-0.05, 0) is 53.6 Å². The standard InChI is InChI=1S/C22H21NO/c23-22(24)21-11-5-10-20(16-21)19-14-12-18(13-15-19)9-4-8-17-6-2-1-3-7-17/h1-3,5-7,10-16H,4,8-9H2,(H2,23,24). The SMILES string of the molecule is NC(=O)c1cccc(-c2ccc(CCCc3ccccc3)cc2)c1. The van der Waals surface area contributed by atoms with Crippen LogP contribution < -0.4 is 5.73 Å². The van der Waals surface area contributed by atoms with Crippen LogP contribution in [0.2, 0.25) is 0 Å². The van der Waals surface area contributed by atoms with E-state index in [0.29, 0.717) is 5.56 Å². The Kier molecular flexibility index (Phi) is 5.07. The average Bonchev–Trinajstić information content (AvgIpc) is 2.63. The van der Waals surface area contributed by atoms with Crippen molar-refractivity contribution < 1.29 is 4.79 Å². The fraction of sp³-hybridized carbons (Fsp3) is 0.136. The quantitative estimate of drug-likeness (QED) is 0.708. The van der Waals surface area contributed by atoms with Gasteiger partial charge in [0.15, 0.2) is 0 Å². The summed E-state index contributed by atoms with van der Waals surface area (Å²) >= 11 is 0. The first-order valence-electron chi connectivity index (χ1n) is 8.25. The first kappa shape index (κ1) is 16.0. The van der Waals surface area contributed by atoms with Crippen molar-refractivity contribution in [3.05, 3.63) is 95.6 Å². The summed E-state index contributed by atoms with van der Waals surface area (Å²) in [7, 11) is 0. The largest absolute Gasteiger partial charge is 0.366 e. The molecule has 0 atom stereocenters. The number of hydrogen-bond acceptors (Lipinski definition) is 1. The summed E-state index contributed by atoms with van der Waals surface area (Å²) in [6, 6.07) is 26.6. The van der Waals surface area contributed by atoms with Gasteiger partial charge in [-0.2, -0.15) is 0 Å². The minimum atomic E-state index is -0.394. The molecule has 0 radical (unpaired) electrons. The third-order valence-electron chi connectivity index (χ3n) is 4.21. The van der Waals surface area contributed by atoms with Gasteiger partial charge >= 0.3 is 0 Å². The number of amides is 1. The molecule has 3 aromatic rings. The number of carbonyl (C=O) groups excluding carboxylic acids is 1. The van der Waals surface area contributed by atoms with Gasteiger partial charge in [0.2, 0.25) is 5.91 Å². The summed E-state index contributed by atoms with van der Waals surface area (Å²) in [5.74, 6) is -0.394. The topological polar surface area (TPSA) is 43.1 Å². The number of carbonyl (C=O) groups is 1. The van der Waals surface area contributed by atoms with Crippen molar-refractivity contribution in [1.29, 1.82) is 0 Å². The maximum absolute atomic E-state index is 11.3. The van der Waals surface area contributed by atoms with Crippen LogP contribution in [0, 0.1) is 0 Å². The summed E-state index contributed by atoms with van der Waals surface area (Å²) < 4.78 is 0. The van der Waals surface area contributed by atoms with Gasteiger partial charge in [-0.25, -0.2) is 0 Å². The molecule has 0 spiro atoms. The molecule has 0 aliphatic carbocycles. The highest BCUT2D eigenvalue weighted by Gasteiger charge is 2.03. The molecule has 2 N–H and O–H groups in total. The Morgan fingerprint density at radius 1 is 0.708 bits per heavy atom. The maximum atomic E-state index is 11.3. The lowest BCUT2D eigenvalue weighted by atomic mass is 9.99. The Morgan fingerprint density at radius 3 is 2.04 bits per heavy atom. The predicted octanol–water partition coefficient (Wildman–Crippen LogP) is 4.63. The average molecular weight is 315 g/mol. The van der Waals surface area contributed by atoms with Crippen molar-refractivity contribution in [3.8, 4) is 11.1 Å².